The molecule has 0 unspecified atom stereocenters. The molecule has 1 spiro atoms. The number of piperazine rings is 1. The lowest BCUT2D eigenvalue weighted by Crippen LogP contribution is -2.62. The van der Waals surface area contributed by atoms with E-state index in [-0.39, 0.29) is 17.6 Å². The lowest BCUT2D eigenvalue weighted by atomic mass is 9.96. The van der Waals surface area contributed by atoms with Gasteiger partial charge in [0.15, 0.2) is 0 Å². The second-order valence-corrected chi connectivity index (χ2v) is 7.54. The van der Waals surface area contributed by atoms with Gasteiger partial charge in [-0.05, 0) is 0 Å². The van der Waals surface area contributed by atoms with E-state index in [9.17, 15) is 4.79 Å². The standard InChI is InChI=1S/C18H29N5O3/c1-20-12-15(11-19-20)13-21-5-6-22-16(14-21)17(24)23(7-10-25-2)18(22)3-8-26-9-4-18/h11-12,16H,3-10,13-14H2,1-2H3/t16-/m1/s1. The number of rotatable bonds is 5. The summed E-state index contributed by atoms with van der Waals surface area (Å²) >= 11 is 0. The Kier molecular flexibility index (Phi) is 5.00. The van der Waals surface area contributed by atoms with E-state index in [1.165, 1.54) is 5.56 Å². The first kappa shape index (κ1) is 17.9. The molecule has 0 aliphatic carbocycles. The third-order valence-corrected chi connectivity index (χ3v) is 6.03. The van der Waals surface area contributed by atoms with Crippen LogP contribution in [0.1, 0.15) is 18.4 Å². The van der Waals surface area contributed by atoms with E-state index in [2.05, 4.69) is 19.8 Å². The van der Waals surface area contributed by atoms with Gasteiger partial charge in [0.1, 0.15) is 11.7 Å². The van der Waals surface area contributed by atoms with Crippen molar-refractivity contribution in [1.29, 1.82) is 0 Å². The minimum Gasteiger partial charge on any atom is -0.383 e. The van der Waals surface area contributed by atoms with Crippen LogP contribution in [0.25, 0.3) is 0 Å². The number of carbonyl (C=O) groups excluding carboxylic acids is 1. The monoisotopic (exact) mass is 363 g/mol. The number of aromatic nitrogens is 2. The van der Waals surface area contributed by atoms with E-state index in [1.54, 1.807) is 7.11 Å². The molecule has 3 aliphatic rings. The molecule has 1 aromatic rings. The predicted octanol–water partition coefficient (Wildman–Crippen LogP) is -0.0984. The summed E-state index contributed by atoms with van der Waals surface area (Å²) in [6.07, 6.45) is 5.74. The minimum atomic E-state index is -0.182. The molecule has 8 nitrogen and oxygen atoms in total. The van der Waals surface area contributed by atoms with Crippen molar-refractivity contribution in [2.75, 3.05) is 53.1 Å². The van der Waals surface area contributed by atoms with E-state index in [0.29, 0.717) is 13.2 Å². The Hall–Kier alpha value is -1.48. The number of carbonyl (C=O) groups is 1. The van der Waals surface area contributed by atoms with Crippen LogP contribution < -0.4 is 0 Å². The van der Waals surface area contributed by atoms with Gasteiger partial charge < -0.3 is 14.4 Å². The van der Waals surface area contributed by atoms with Gasteiger partial charge in [0, 0.05) is 71.5 Å². The average molecular weight is 363 g/mol. The normalized spacial score (nSPS) is 26.6. The molecule has 1 atom stereocenters. The Bertz CT molecular complexity index is 643. The van der Waals surface area contributed by atoms with Crippen LogP contribution in [-0.2, 0) is 27.9 Å². The van der Waals surface area contributed by atoms with Crippen LogP contribution in [0, 0.1) is 0 Å². The number of methoxy groups -OCH3 is 1. The highest BCUT2D eigenvalue weighted by atomic mass is 16.5. The molecule has 0 radical (unpaired) electrons. The highest BCUT2D eigenvalue weighted by Crippen LogP contribution is 2.41. The number of nitrogens with zero attached hydrogens (tertiary/aromatic N) is 5. The molecule has 3 saturated heterocycles. The number of ether oxygens (including phenoxy) is 2. The first-order chi connectivity index (χ1) is 12.6. The van der Waals surface area contributed by atoms with Gasteiger partial charge in [-0.2, -0.15) is 5.10 Å². The lowest BCUT2D eigenvalue weighted by Gasteiger charge is -2.49. The van der Waals surface area contributed by atoms with Gasteiger partial charge in [0.2, 0.25) is 5.91 Å². The average Bonchev–Trinajstić information content (AvgIpc) is 3.15. The van der Waals surface area contributed by atoms with Crippen molar-refractivity contribution < 1.29 is 14.3 Å². The zero-order chi connectivity index (χ0) is 18.1. The van der Waals surface area contributed by atoms with E-state index >= 15 is 0 Å². The molecule has 0 N–H and O–H groups in total. The largest absolute Gasteiger partial charge is 0.383 e. The summed E-state index contributed by atoms with van der Waals surface area (Å²) in [7, 11) is 3.63. The van der Waals surface area contributed by atoms with E-state index in [0.717, 1.165) is 52.2 Å². The number of hydrogen-bond acceptors (Lipinski definition) is 6. The van der Waals surface area contributed by atoms with Crippen LogP contribution in [0.15, 0.2) is 12.4 Å². The van der Waals surface area contributed by atoms with Crippen molar-refractivity contribution in [2.24, 2.45) is 7.05 Å². The van der Waals surface area contributed by atoms with Gasteiger partial charge >= 0.3 is 0 Å². The third kappa shape index (κ3) is 3.05. The van der Waals surface area contributed by atoms with Crippen LogP contribution in [0.4, 0.5) is 0 Å². The number of fused-ring (bicyclic) bond motifs is 2. The first-order valence-corrected chi connectivity index (χ1v) is 9.49. The van der Waals surface area contributed by atoms with Gasteiger partial charge in [-0.1, -0.05) is 0 Å². The van der Waals surface area contributed by atoms with Crippen molar-refractivity contribution in [3.05, 3.63) is 18.0 Å². The van der Waals surface area contributed by atoms with E-state index < -0.39 is 0 Å². The van der Waals surface area contributed by atoms with Gasteiger partial charge in [0.05, 0.1) is 26.0 Å². The molecular formula is C18H29N5O3. The SMILES string of the molecule is COCCN1C(=O)[C@H]2CN(Cc3cnn(C)c3)CCN2C12CCOCC2. The Morgan fingerprint density at radius 1 is 1.35 bits per heavy atom. The molecule has 3 aliphatic heterocycles. The highest BCUT2D eigenvalue weighted by molar-refractivity contribution is 5.85. The van der Waals surface area contributed by atoms with Crippen molar-refractivity contribution in [3.63, 3.8) is 0 Å². The fraction of sp³-hybridized carbons (Fsp3) is 0.778. The molecule has 4 heterocycles. The number of amides is 1. The second kappa shape index (κ2) is 7.26. The Morgan fingerprint density at radius 2 is 2.15 bits per heavy atom. The van der Waals surface area contributed by atoms with Crippen molar-refractivity contribution in [1.82, 2.24) is 24.5 Å². The van der Waals surface area contributed by atoms with Gasteiger partial charge in [-0.15, -0.1) is 0 Å². The molecule has 1 amide bonds. The summed E-state index contributed by atoms with van der Waals surface area (Å²) in [5.74, 6) is 0.250. The topological polar surface area (TPSA) is 63.1 Å². The number of hydrogen-bond donors (Lipinski definition) is 0. The Balaban J connectivity index is 1.52. The lowest BCUT2D eigenvalue weighted by molar-refractivity contribution is -0.137. The molecule has 8 heteroatoms. The molecular weight excluding hydrogens is 334 g/mol. The molecule has 26 heavy (non-hydrogen) atoms. The van der Waals surface area contributed by atoms with Crippen LogP contribution in [0.3, 0.4) is 0 Å². The van der Waals surface area contributed by atoms with Gasteiger partial charge in [-0.3, -0.25) is 19.3 Å². The summed E-state index contributed by atoms with van der Waals surface area (Å²) in [6.45, 7) is 6.19. The summed E-state index contributed by atoms with van der Waals surface area (Å²) in [6, 6.07) is -0.0598. The molecule has 1 aromatic heterocycles. The first-order valence-electron chi connectivity index (χ1n) is 9.49. The van der Waals surface area contributed by atoms with Crippen LogP contribution >= 0.6 is 0 Å². The number of aryl methyl sites for hydroxylation is 1. The van der Waals surface area contributed by atoms with Gasteiger partial charge in [-0.25, -0.2) is 0 Å². The maximum Gasteiger partial charge on any atom is 0.242 e. The summed E-state index contributed by atoms with van der Waals surface area (Å²) < 4.78 is 12.7. The van der Waals surface area contributed by atoms with E-state index in [4.69, 9.17) is 9.47 Å². The van der Waals surface area contributed by atoms with Crippen LogP contribution in [0.5, 0.6) is 0 Å². The van der Waals surface area contributed by atoms with Crippen molar-refractivity contribution in [3.8, 4) is 0 Å². The Labute approximate surface area is 154 Å². The molecule has 0 bridgehead atoms. The Morgan fingerprint density at radius 3 is 2.85 bits per heavy atom. The smallest absolute Gasteiger partial charge is 0.242 e. The third-order valence-electron chi connectivity index (χ3n) is 6.03. The zero-order valence-electron chi connectivity index (χ0n) is 15.8. The van der Waals surface area contributed by atoms with Crippen molar-refractivity contribution >= 4 is 5.91 Å². The predicted molar refractivity (Wildman–Crippen MR) is 95.4 cm³/mol. The summed E-state index contributed by atoms with van der Waals surface area (Å²) in [5, 5.41) is 4.25. The maximum atomic E-state index is 13.3. The molecule has 3 fully saturated rings. The molecule has 0 saturated carbocycles. The highest BCUT2D eigenvalue weighted by Gasteiger charge is 2.57. The van der Waals surface area contributed by atoms with Crippen LogP contribution in [-0.4, -0.2) is 95.2 Å². The van der Waals surface area contributed by atoms with Crippen molar-refractivity contribution in [2.45, 2.75) is 31.1 Å². The van der Waals surface area contributed by atoms with E-state index in [1.807, 2.05) is 24.1 Å². The quantitative estimate of drug-likeness (QED) is 0.728. The summed E-state index contributed by atoms with van der Waals surface area (Å²) in [4.78, 5) is 20.2. The van der Waals surface area contributed by atoms with Crippen LogP contribution in [0.2, 0.25) is 0 Å². The van der Waals surface area contributed by atoms with Gasteiger partial charge in [0.25, 0.3) is 0 Å². The minimum absolute atomic E-state index is 0.0598. The fourth-order valence-electron chi connectivity index (χ4n) is 4.80. The maximum absolute atomic E-state index is 13.3. The molecule has 144 valence electrons. The molecule has 4 rings (SSSR count). The zero-order valence-corrected chi connectivity index (χ0v) is 15.8. The fourth-order valence-corrected chi connectivity index (χ4v) is 4.80. The molecule has 0 aromatic carbocycles. The summed E-state index contributed by atoms with van der Waals surface area (Å²) in [5.41, 5.74) is 1.02. The second-order valence-electron chi connectivity index (χ2n) is 7.54.